The molecule has 1 N–H and O–H groups in total. The second-order valence-corrected chi connectivity index (χ2v) is 7.58. The summed E-state index contributed by atoms with van der Waals surface area (Å²) in [7, 11) is 0. The van der Waals surface area contributed by atoms with Crippen LogP contribution in [0.3, 0.4) is 0 Å². The van der Waals surface area contributed by atoms with Crippen LogP contribution in [0.25, 0.3) is 11.8 Å². The Morgan fingerprint density at radius 2 is 1.70 bits per heavy atom. The quantitative estimate of drug-likeness (QED) is 0.436. The van der Waals surface area contributed by atoms with Crippen LogP contribution in [-0.2, 0) is 11.2 Å². The highest BCUT2D eigenvalue weighted by Crippen LogP contribution is 2.27. The molecule has 0 atom stereocenters. The SMILES string of the molecule is CCc1ccc(NC(=O)/C(C#N)=C/c2cc(C)n(-c3c(C)cccc3C)c2C)cc1. The number of hydrogen-bond donors (Lipinski definition) is 1. The maximum atomic E-state index is 12.7. The first-order valence-electron chi connectivity index (χ1n) is 10.1. The van der Waals surface area contributed by atoms with Gasteiger partial charge in [-0.25, -0.2) is 0 Å². The van der Waals surface area contributed by atoms with E-state index in [0.29, 0.717) is 5.69 Å². The van der Waals surface area contributed by atoms with Gasteiger partial charge in [0.05, 0.1) is 5.69 Å². The van der Waals surface area contributed by atoms with E-state index in [1.807, 2.05) is 50.2 Å². The maximum absolute atomic E-state index is 12.7. The molecule has 3 aromatic rings. The summed E-state index contributed by atoms with van der Waals surface area (Å²) in [4.78, 5) is 12.7. The van der Waals surface area contributed by atoms with Gasteiger partial charge in [0.25, 0.3) is 5.91 Å². The summed E-state index contributed by atoms with van der Waals surface area (Å²) in [6.45, 7) is 10.3. The van der Waals surface area contributed by atoms with Gasteiger partial charge in [-0.1, -0.05) is 37.3 Å². The van der Waals surface area contributed by atoms with Gasteiger partial charge < -0.3 is 9.88 Å². The van der Waals surface area contributed by atoms with E-state index < -0.39 is 5.91 Å². The van der Waals surface area contributed by atoms with Crippen LogP contribution >= 0.6 is 0 Å². The molecule has 0 saturated heterocycles. The normalized spacial score (nSPS) is 11.3. The molecular formula is C26H27N3O. The molecule has 0 fully saturated rings. The minimum atomic E-state index is -0.404. The molecule has 1 heterocycles. The fourth-order valence-electron chi connectivity index (χ4n) is 3.76. The number of aryl methyl sites for hydroxylation is 4. The predicted molar refractivity (Wildman–Crippen MR) is 123 cm³/mol. The van der Waals surface area contributed by atoms with Gasteiger partial charge in [-0.2, -0.15) is 5.26 Å². The Bertz CT molecular complexity index is 1140. The third-order valence-corrected chi connectivity index (χ3v) is 5.42. The van der Waals surface area contributed by atoms with Gasteiger partial charge in [0, 0.05) is 17.1 Å². The lowest BCUT2D eigenvalue weighted by Crippen LogP contribution is -2.13. The fraction of sp³-hybridized carbons (Fsp3) is 0.231. The van der Waals surface area contributed by atoms with E-state index in [1.54, 1.807) is 6.08 Å². The molecule has 3 rings (SSSR count). The summed E-state index contributed by atoms with van der Waals surface area (Å²) in [6.07, 6.45) is 2.61. The molecule has 0 aliphatic heterocycles. The Morgan fingerprint density at radius 3 is 2.27 bits per heavy atom. The van der Waals surface area contributed by atoms with E-state index in [4.69, 9.17) is 0 Å². The molecule has 0 aliphatic carbocycles. The van der Waals surface area contributed by atoms with Crippen molar-refractivity contribution in [3.63, 3.8) is 0 Å². The fourth-order valence-corrected chi connectivity index (χ4v) is 3.76. The minimum Gasteiger partial charge on any atom is -0.321 e. The number of amides is 1. The number of para-hydroxylation sites is 1. The second-order valence-electron chi connectivity index (χ2n) is 7.58. The number of carbonyl (C=O) groups excluding carboxylic acids is 1. The smallest absolute Gasteiger partial charge is 0.266 e. The summed E-state index contributed by atoms with van der Waals surface area (Å²) < 4.78 is 2.19. The highest BCUT2D eigenvalue weighted by Gasteiger charge is 2.16. The second kappa shape index (κ2) is 8.84. The molecule has 30 heavy (non-hydrogen) atoms. The van der Waals surface area contributed by atoms with Crippen LogP contribution in [-0.4, -0.2) is 10.5 Å². The molecule has 152 valence electrons. The number of nitriles is 1. The Morgan fingerprint density at radius 1 is 1.07 bits per heavy atom. The third kappa shape index (κ3) is 4.21. The van der Waals surface area contributed by atoms with Gasteiger partial charge in [0.15, 0.2) is 0 Å². The molecule has 0 bridgehead atoms. The van der Waals surface area contributed by atoms with E-state index in [2.05, 4.69) is 48.9 Å². The third-order valence-electron chi connectivity index (χ3n) is 5.42. The molecule has 4 nitrogen and oxygen atoms in total. The Hall–Kier alpha value is -3.58. The summed E-state index contributed by atoms with van der Waals surface area (Å²) >= 11 is 0. The van der Waals surface area contributed by atoms with E-state index in [-0.39, 0.29) is 5.57 Å². The zero-order valence-corrected chi connectivity index (χ0v) is 18.2. The average Bonchev–Trinajstić information content (AvgIpc) is 3.00. The molecule has 0 radical (unpaired) electrons. The van der Waals surface area contributed by atoms with Crippen molar-refractivity contribution in [3.05, 3.63) is 87.7 Å². The number of aromatic nitrogens is 1. The van der Waals surface area contributed by atoms with Crippen molar-refractivity contribution < 1.29 is 4.79 Å². The van der Waals surface area contributed by atoms with Crippen LogP contribution in [0.15, 0.2) is 54.1 Å². The van der Waals surface area contributed by atoms with Gasteiger partial charge in [-0.05, 0) is 80.6 Å². The van der Waals surface area contributed by atoms with Crippen LogP contribution in [0.5, 0.6) is 0 Å². The first-order valence-corrected chi connectivity index (χ1v) is 10.1. The van der Waals surface area contributed by atoms with Crippen LogP contribution in [0.4, 0.5) is 5.69 Å². The van der Waals surface area contributed by atoms with E-state index in [9.17, 15) is 10.1 Å². The molecule has 1 amide bonds. The zero-order chi connectivity index (χ0) is 21.8. The maximum Gasteiger partial charge on any atom is 0.266 e. The average molecular weight is 398 g/mol. The van der Waals surface area contributed by atoms with E-state index in [1.165, 1.54) is 16.7 Å². The molecule has 1 aromatic heterocycles. The number of hydrogen-bond acceptors (Lipinski definition) is 2. The number of anilines is 1. The number of benzene rings is 2. The van der Waals surface area contributed by atoms with E-state index in [0.717, 1.165) is 29.1 Å². The summed E-state index contributed by atoms with van der Waals surface area (Å²) in [5.74, 6) is -0.404. The number of nitrogens with zero attached hydrogens (tertiary/aromatic N) is 2. The minimum absolute atomic E-state index is 0.0799. The first kappa shape index (κ1) is 21.1. The number of carbonyl (C=O) groups is 1. The topological polar surface area (TPSA) is 57.8 Å². The Balaban J connectivity index is 1.94. The van der Waals surface area contributed by atoms with Crippen molar-refractivity contribution >= 4 is 17.7 Å². The Labute approximate surface area is 178 Å². The predicted octanol–water partition coefficient (Wildman–Crippen LogP) is 5.82. The molecule has 0 aliphatic rings. The zero-order valence-electron chi connectivity index (χ0n) is 18.2. The molecule has 0 spiro atoms. The number of rotatable bonds is 5. The van der Waals surface area contributed by atoms with Crippen molar-refractivity contribution in [1.82, 2.24) is 4.57 Å². The standard InChI is InChI=1S/C26H27N3O/c1-6-21-10-12-24(13-11-21)28-26(30)23(16-27)15-22-14-19(4)29(20(22)5)25-17(2)8-7-9-18(25)3/h7-15H,6H2,1-5H3,(H,28,30)/b23-15+. The van der Waals surface area contributed by atoms with Crippen LogP contribution in [0.2, 0.25) is 0 Å². The Kier molecular flexibility index (Phi) is 6.23. The van der Waals surface area contributed by atoms with Gasteiger partial charge in [-0.3, -0.25) is 4.79 Å². The molecule has 2 aromatic carbocycles. The highest BCUT2D eigenvalue weighted by atomic mass is 16.1. The molecule has 4 heteroatoms. The number of nitrogens with one attached hydrogen (secondary N) is 1. The lowest BCUT2D eigenvalue weighted by atomic mass is 10.1. The van der Waals surface area contributed by atoms with Crippen molar-refractivity contribution in [3.8, 4) is 11.8 Å². The van der Waals surface area contributed by atoms with Gasteiger partial charge in [-0.15, -0.1) is 0 Å². The molecule has 0 saturated carbocycles. The van der Waals surface area contributed by atoms with Crippen LogP contribution in [0.1, 0.15) is 40.6 Å². The summed E-state index contributed by atoms with van der Waals surface area (Å²) in [5.41, 5.74) is 8.39. The van der Waals surface area contributed by atoms with Gasteiger partial charge in [0.1, 0.15) is 11.6 Å². The lowest BCUT2D eigenvalue weighted by Gasteiger charge is -2.15. The van der Waals surface area contributed by atoms with Crippen molar-refractivity contribution in [1.29, 1.82) is 5.26 Å². The largest absolute Gasteiger partial charge is 0.321 e. The summed E-state index contributed by atoms with van der Waals surface area (Å²) in [6, 6.07) is 18.0. The van der Waals surface area contributed by atoms with Gasteiger partial charge >= 0.3 is 0 Å². The molecule has 0 unspecified atom stereocenters. The lowest BCUT2D eigenvalue weighted by molar-refractivity contribution is -0.112. The monoisotopic (exact) mass is 397 g/mol. The first-order chi connectivity index (χ1) is 14.3. The van der Waals surface area contributed by atoms with Crippen molar-refractivity contribution in [2.24, 2.45) is 0 Å². The van der Waals surface area contributed by atoms with Crippen LogP contribution in [0, 0.1) is 39.0 Å². The van der Waals surface area contributed by atoms with E-state index >= 15 is 0 Å². The highest BCUT2D eigenvalue weighted by molar-refractivity contribution is 6.09. The van der Waals surface area contributed by atoms with Crippen molar-refractivity contribution in [2.75, 3.05) is 5.32 Å². The summed E-state index contributed by atoms with van der Waals surface area (Å²) in [5, 5.41) is 12.4. The molecular weight excluding hydrogens is 370 g/mol. The van der Waals surface area contributed by atoms with Crippen LogP contribution < -0.4 is 5.32 Å². The van der Waals surface area contributed by atoms with Crippen molar-refractivity contribution in [2.45, 2.75) is 41.0 Å². The van der Waals surface area contributed by atoms with Gasteiger partial charge in [0.2, 0.25) is 0 Å².